The van der Waals surface area contributed by atoms with Crippen molar-refractivity contribution in [2.45, 2.75) is 62.6 Å². The molecular formula is C37H39Cl2N3O5S. The Bertz CT molecular complexity index is 1760. The van der Waals surface area contributed by atoms with Crippen LogP contribution in [0.4, 0.5) is 5.69 Å². The second-order valence-electron chi connectivity index (χ2n) is 11.7. The molecule has 1 N–H and O–H groups in total. The van der Waals surface area contributed by atoms with Gasteiger partial charge in [0.25, 0.3) is 10.0 Å². The first-order valence-electron chi connectivity index (χ1n) is 16.0. The van der Waals surface area contributed by atoms with Crippen LogP contribution in [0.1, 0.15) is 43.7 Å². The van der Waals surface area contributed by atoms with Crippen molar-refractivity contribution < 1.29 is 22.7 Å². The highest BCUT2D eigenvalue weighted by atomic mass is 35.5. The largest absolute Gasteiger partial charge is 0.494 e. The Morgan fingerprint density at radius 1 is 0.833 bits per heavy atom. The van der Waals surface area contributed by atoms with Crippen molar-refractivity contribution in [3.8, 4) is 5.75 Å². The van der Waals surface area contributed by atoms with Crippen molar-refractivity contribution in [3.05, 3.63) is 124 Å². The highest BCUT2D eigenvalue weighted by Gasteiger charge is 2.35. The Kier molecular flexibility index (Phi) is 12.0. The van der Waals surface area contributed by atoms with Gasteiger partial charge in [0, 0.05) is 29.1 Å². The molecule has 1 aliphatic rings. The van der Waals surface area contributed by atoms with E-state index in [1.165, 1.54) is 29.2 Å². The van der Waals surface area contributed by atoms with Gasteiger partial charge in [0.15, 0.2) is 0 Å². The summed E-state index contributed by atoms with van der Waals surface area (Å²) in [6, 6.07) is 28.0. The van der Waals surface area contributed by atoms with Gasteiger partial charge in [0.05, 0.1) is 17.2 Å². The van der Waals surface area contributed by atoms with Crippen molar-refractivity contribution in [3.63, 3.8) is 0 Å². The fraction of sp³-hybridized carbons (Fsp3) is 0.297. The maximum Gasteiger partial charge on any atom is 0.264 e. The third kappa shape index (κ3) is 9.09. The number of hydrogen-bond acceptors (Lipinski definition) is 5. The maximum absolute atomic E-state index is 14.6. The number of carbonyl (C=O) groups is 2. The first kappa shape index (κ1) is 35.3. The number of carbonyl (C=O) groups excluding carboxylic acids is 2. The van der Waals surface area contributed by atoms with E-state index >= 15 is 0 Å². The zero-order valence-corrected chi connectivity index (χ0v) is 29.1. The van der Waals surface area contributed by atoms with Crippen molar-refractivity contribution in [2.75, 3.05) is 17.5 Å². The molecule has 11 heteroatoms. The average Bonchev–Trinajstić information content (AvgIpc) is 3.60. The summed E-state index contributed by atoms with van der Waals surface area (Å²) in [7, 11) is -4.26. The van der Waals surface area contributed by atoms with Gasteiger partial charge in [-0.1, -0.05) is 78.5 Å². The normalized spacial score (nSPS) is 13.9. The molecule has 1 aliphatic carbocycles. The van der Waals surface area contributed by atoms with Gasteiger partial charge in [-0.15, -0.1) is 0 Å². The first-order chi connectivity index (χ1) is 23.1. The van der Waals surface area contributed by atoms with E-state index in [9.17, 15) is 18.0 Å². The van der Waals surface area contributed by atoms with Crippen LogP contribution in [0.5, 0.6) is 5.75 Å². The van der Waals surface area contributed by atoms with Crippen LogP contribution in [0, 0.1) is 0 Å². The van der Waals surface area contributed by atoms with Gasteiger partial charge >= 0.3 is 0 Å². The van der Waals surface area contributed by atoms with E-state index < -0.39 is 28.5 Å². The molecule has 0 aromatic heterocycles. The van der Waals surface area contributed by atoms with Crippen LogP contribution in [0.2, 0.25) is 10.0 Å². The van der Waals surface area contributed by atoms with Crippen LogP contribution in [0.25, 0.3) is 0 Å². The molecule has 5 rings (SSSR count). The lowest BCUT2D eigenvalue weighted by Crippen LogP contribution is -2.54. The predicted molar refractivity (Wildman–Crippen MR) is 190 cm³/mol. The second-order valence-corrected chi connectivity index (χ2v) is 14.5. The Labute approximate surface area is 292 Å². The molecule has 8 nitrogen and oxygen atoms in total. The van der Waals surface area contributed by atoms with Gasteiger partial charge in [-0.05, 0) is 91.6 Å². The van der Waals surface area contributed by atoms with Crippen LogP contribution < -0.4 is 14.4 Å². The third-order valence-corrected chi connectivity index (χ3v) is 10.6. The summed E-state index contributed by atoms with van der Waals surface area (Å²) in [5, 5.41) is 4.09. The molecule has 0 heterocycles. The molecule has 0 bridgehead atoms. The molecule has 0 spiro atoms. The van der Waals surface area contributed by atoms with Gasteiger partial charge in [0.2, 0.25) is 11.8 Å². The molecule has 0 aliphatic heterocycles. The third-order valence-electron chi connectivity index (χ3n) is 8.36. The zero-order valence-electron chi connectivity index (χ0n) is 26.7. The van der Waals surface area contributed by atoms with E-state index in [1.807, 2.05) is 37.3 Å². The Morgan fingerprint density at radius 2 is 1.44 bits per heavy atom. The molecule has 1 atom stereocenters. The average molecular weight is 709 g/mol. The van der Waals surface area contributed by atoms with Crippen molar-refractivity contribution >= 4 is 50.7 Å². The molecule has 252 valence electrons. The quantitative estimate of drug-likeness (QED) is 0.149. The molecule has 0 unspecified atom stereocenters. The van der Waals surface area contributed by atoms with E-state index in [4.69, 9.17) is 27.9 Å². The fourth-order valence-corrected chi connectivity index (χ4v) is 7.51. The first-order valence-corrected chi connectivity index (χ1v) is 18.2. The number of rotatable bonds is 14. The van der Waals surface area contributed by atoms with E-state index in [2.05, 4.69) is 5.32 Å². The van der Waals surface area contributed by atoms with E-state index in [-0.39, 0.29) is 35.5 Å². The summed E-state index contributed by atoms with van der Waals surface area (Å²) in [6.45, 7) is 1.79. The monoisotopic (exact) mass is 707 g/mol. The van der Waals surface area contributed by atoms with Crippen LogP contribution in [0.3, 0.4) is 0 Å². The summed E-state index contributed by atoms with van der Waals surface area (Å²) in [6.07, 6.45) is 4.05. The Hall–Kier alpha value is -4.05. The summed E-state index contributed by atoms with van der Waals surface area (Å²) >= 11 is 12.3. The summed E-state index contributed by atoms with van der Waals surface area (Å²) in [4.78, 5) is 30.2. The van der Waals surface area contributed by atoms with E-state index in [1.54, 1.807) is 48.5 Å². The van der Waals surface area contributed by atoms with Crippen molar-refractivity contribution in [1.29, 1.82) is 0 Å². The summed E-state index contributed by atoms with van der Waals surface area (Å²) < 4.78 is 35.1. The van der Waals surface area contributed by atoms with Crippen LogP contribution in [0.15, 0.2) is 108 Å². The number of benzene rings is 4. The standard InChI is InChI=1S/C37H39Cl2N3O5S/c1-2-47-33-20-18-32(19-21-33)42(48(45,46)34-22-16-30(39)17-23-34)26-36(43)41(25-28-12-14-29(38)15-13-28)35(24-27-8-4-3-5-9-27)37(44)40-31-10-6-7-11-31/h3-5,8-9,12-23,31,35H,2,6-7,10-11,24-26H2,1H3,(H,40,44)/t35-/m0/s1. The SMILES string of the molecule is CCOc1ccc(N(CC(=O)N(Cc2ccc(Cl)cc2)[C@@H](Cc2ccccc2)C(=O)NC2CCCC2)S(=O)(=O)c2ccc(Cl)cc2)cc1. The van der Waals surface area contributed by atoms with Gasteiger partial charge in [-0.25, -0.2) is 8.42 Å². The van der Waals surface area contributed by atoms with Crippen LogP contribution >= 0.6 is 23.2 Å². The Balaban J connectivity index is 1.56. The highest BCUT2D eigenvalue weighted by molar-refractivity contribution is 7.92. The minimum Gasteiger partial charge on any atom is -0.494 e. The van der Waals surface area contributed by atoms with E-state index in [0.717, 1.165) is 41.1 Å². The number of halogens is 2. The second kappa shape index (κ2) is 16.4. The number of anilines is 1. The van der Waals surface area contributed by atoms with Gasteiger partial charge in [-0.2, -0.15) is 0 Å². The summed E-state index contributed by atoms with van der Waals surface area (Å²) in [5.74, 6) is -0.257. The van der Waals surface area contributed by atoms with Crippen molar-refractivity contribution in [2.24, 2.45) is 0 Å². The number of hydrogen-bond donors (Lipinski definition) is 1. The lowest BCUT2D eigenvalue weighted by molar-refractivity contribution is -0.140. The lowest BCUT2D eigenvalue weighted by atomic mass is 10.0. The molecule has 4 aromatic carbocycles. The van der Waals surface area contributed by atoms with Gasteiger partial charge in [-0.3, -0.25) is 13.9 Å². The molecule has 2 amide bonds. The Morgan fingerprint density at radius 3 is 2.04 bits per heavy atom. The molecule has 1 fully saturated rings. The number of ether oxygens (including phenoxy) is 1. The number of nitrogens with one attached hydrogen (secondary N) is 1. The molecule has 1 saturated carbocycles. The number of amides is 2. The summed E-state index contributed by atoms with van der Waals surface area (Å²) in [5.41, 5.74) is 1.88. The molecule has 0 saturated heterocycles. The maximum atomic E-state index is 14.6. The van der Waals surface area contributed by atoms with Crippen LogP contribution in [-0.4, -0.2) is 50.4 Å². The number of sulfonamides is 1. The fourth-order valence-electron chi connectivity index (χ4n) is 5.85. The molecular weight excluding hydrogens is 669 g/mol. The molecule has 0 radical (unpaired) electrons. The van der Waals surface area contributed by atoms with Crippen LogP contribution in [-0.2, 0) is 32.6 Å². The minimum atomic E-state index is -4.26. The minimum absolute atomic E-state index is 0.0221. The van der Waals surface area contributed by atoms with E-state index in [0.29, 0.717) is 22.4 Å². The predicted octanol–water partition coefficient (Wildman–Crippen LogP) is 7.29. The lowest BCUT2D eigenvalue weighted by Gasteiger charge is -2.34. The molecule has 48 heavy (non-hydrogen) atoms. The van der Waals surface area contributed by atoms with Crippen molar-refractivity contribution in [1.82, 2.24) is 10.2 Å². The van der Waals surface area contributed by atoms with Gasteiger partial charge in [0.1, 0.15) is 18.3 Å². The zero-order chi connectivity index (χ0) is 34.1. The van der Waals surface area contributed by atoms with Gasteiger partial charge < -0.3 is 15.0 Å². The topological polar surface area (TPSA) is 96.0 Å². The number of nitrogens with zero attached hydrogens (tertiary/aromatic N) is 2. The highest BCUT2D eigenvalue weighted by Crippen LogP contribution is 2.28. The molecule has 4 aromatic rings. The smallest absolute Gasteiger partial charge is 0.264 e.